The molecule has 0 spiro atoms. The maximum absolute atomic E-state index is 12.3. The number of guanidine groups is 1. The third-order valence-electron chi connectivity index (χ3n) is 2.98. The molecule has 0 fully saturated rings. The molecule has 3 rings (SSSR count). The molecule has 0 aliphatic carbocycles. The predicted molar refractivity (Wildman–Crippen MR) is 94.4 cm³/mol. The molecule has 0 aliphatic heterocycles. The highest BCUT2D eigenvalue weighted by Crippen LogP contribution is 2.24. The molecule has 2 heterocycles. The summed E-state index contributed by atoms with van der Waals surface area (Å²) in [4.78, 5) is 0. The number of aromatic nitrogens is 1. The van der Waals surface area contributed by atoms with E-state index in [1.54, 1.807) is 41.2 Å². The van der Waals surface area contributed by atoms with Gasteiger partial charge in [-0.15, -0.1) is 4.40 Å². The zero-order chi connectivity index (χ0) is 17.9. The Labute approximate surface area is 151 Å². The summed E-state index contributed by atoms with van der Waals surface area (Å²) in [7, 11) is -4.22. The molecule has 0 atom stereocenters. The van der Waals surface area contributed by atoms with E-state index < -0.39 is 21.1 Å². The number of thiophene rings is 1. The molecule has 0 amide bonds. The third-order valence-corrected chi connectivity index (χ3v) is 5.04. The predicted octanol–water partition coefficient (Wildman–Crippen LogP) is 3.19. The first-order valence-corrected chi connectivity index (χ1v) is 9.51. The van der Waals surface area contributed by atoms with Crippen LogP contribution < -0.4 is 10.8 Å². The molecule has 25 heavy (non-hydrogen) atoms. The SMILES string of the molecule is O=S(=O)(N=C(NO)Nc1ccc(Cl)cc1)c1cc(-c2ccsc2)no1. The summed E-state index contributed by atoms with van der Waals surface area (Å²) in [5, 5.41) is 19.2. The van der Waals surface area contributed by atoms with E-state index in [1.165, 1.54) is 17.4 Å². The van der Waals surface area contributed by atoms with Crippen LogP contribution in [0, 0.1) is 0 Å². The van der Waals surface area contributed by atoms with Crippen molar-refractivity contribution in [3.63, 3.8) is 0 Å². The largest absolute Gasteiger partial charge is 0.342 e. The standard InChI is InChI=1S/C14H11ClN4O4S2/c15-10-1-3-11(4-2-10)16-14(17-20)19-25(21,22)13-7-12(18-23-13)9-5-6-24-8-9/h1-8,20H,(H2,16,17,19). The minimum absolute atomic E-state index is 0.374. The highest BCUT2D eigenvalue weighted by Gasteiger charge is 2.21. The van der Waals surface area contributed by atoms with Crippen LogP contribution >= 0.6 is 22.9 Å². The second-order valence-corrected chi connectivity index (χ2v) is 7.45. The van der Waals surface area contributed by atoms with Gasteiger partial charge >= 0.3 is 10.0 Å². The van der Waals surface area contributed by atoms with Crippen LogP contribution in [0.2, 0.25) is 5.02 Å². The molecule has 0 aliphatic rings. The highest BCUT2D eigenvalue weighted by molar-refractivity contribution is 7.90. The number of nitrogens with one attached hydrogen (secondary N) is 2. The molecule has 1 aromatic carbocycles. The van der Waals surface area contributed by atoms with Gasteiger partial charge in [0, 0.05) is 27.7 Å². The fraction of sp³-hybridized carbons (Fsp3) is 0. The van der Waals surface area contributed by atoms with Gasteiger partial charge in [-0.1, -0.05) is 16.8 Å². The fourth-order valence-electron chi connectivity index (χ4n) is 1.83. The van der Waals surface area contributed by atoms with Crippen molar-refractivity contribution in [1.29, 1.82) is 0 Å². The third kappa shape index (κ3) is 4.17. The van der Waals surface area contributed by atoms with E-state index in [4.69, 9.17) is 21.3 Å². The van der Waals surface area contributed by atoms with E-state index >= 15 is 0 Å². The molecule has 0 unspecified atom stereocenters. The van der Waals surface area contributed by atoms with Crippen LogP contribution in [0.15, 0.2) is 61.2 Å². The monoisotopic (exact) mass is 398 g/mol. The Hall–Kier alpha value is -2.40. The van der Waals surface area contributed by atoms with Crippen molar-refractivity contribution in [2.24, 2.45) is 4.40 Å². The number of nitrogens with zero attached hydrogens (tertiary/aromatic N) is 2. The molecule has 130 valence electrons. The van der Waals surface area contributed by atoms with E-state index in [1.807, 2.05) is 5.38 Å². The summed E-state index contributed by atoms with van der Waals surface area (Å²) in [5.41, 5.74) is 3.27. The lowest BCUT2D eigenvalue weighted by Gasteiger charge is -2.07. The normalized spacial score (nSPS) is 12.2. The van der Waals surface area contributed by atoms with E-state index in [-0.39, 0.29) is 0 Å². The van der Waals surface area contributed by atoms with Gasteiger partial charge in [0.05, 0.1) is 0 Å². The average molecular weight is 399 g/mol. The highest BCUT2D eigenvalue weighted by atomic mass is 35.5. The van der Waals surface area contributed by atoms with E-state index in [0.717, 1.165) is 5.56 Å². The number of hydrogen-bond acceptors (Lipinski definition) is 6. The first-order valence-electron chi connectivity index (χ1n) is 6.75. The number of sulfonamides is 1. The molecule has 2 aromatic heterocycles. The molecular formula is C14H11ClN4O4S2. The van der Waals surface area contributed by atoms with Crippen molar-refractivity contribution in [3.8, 4) is 11.3 Å². The van der Waals surface area contributed by atoms with Crippen LogP contribution in [0.4, 0.5) is 5.69 Å². The lowest BCUT2D eigenvalue weighted by molar-refractivity contribution is 0.234. The van der Waals surface area contributed by atoms with Gasteiger partial charge in [-0.05, 0) is 35.7 Å². The second kappa shape index (κ2) is 7.23. The first kappa shape index (κ1) is 17.4. The van der Waals surface area contributed by atoms with Crippen LogP contribution in [0.25, 0.3) is 11.3 Å². The molecular weight excluding hydrogens is 388 g/mol. The summed E-state index contributed by atoms with van der Waals surface area (Å²) < 4.78 is 32.9. The van der Waals surface area contributed by atoms with Crippen LogP contribution in [0.5, 0.6) is 0 Å². The molecule has 0 saturated carbocycles. The summed E-state index contributed by atoms with van der Waals surface area (Å²) in [6.07, 6.45) is 0. The lowest BCUT2D eigenvalue weighted by atomic mass is 10.2. The maximum Gasteiger partial charge on any atom is 0.321 e. The van der Waals surface area contributed by atoms with Gasteiger partial charge in [0.15, 0.2) is 0 Å². The Kier molecular flexibility index (Phi) is 5.04. The summed E-state index contributed by atoms with van der Waals surface area (Å²) in [6, 6.07) is 9.41. The van der Waals surface area contributed by atoms with Gasteiger partial charge in [-0.25, -0.2) is 5.48 Å². The topological polar surface area (TPSA) is 117 Å². The van der Waals surface area contributed by atoms with Crippen molar-refractivity contribution in [3.05, 3.63) is 52.2 Å². The fourth-order valence-corrected chi connectivity index (χ4v) is 3.42. The van der Waals surface area contributed by atoms with Crippen LogP contribution in [-0.4, -0.2) is 24.7 Å². The van der Waals surface area contributed by atoms with Crippen molar-refractivity contribution < 1.29 is 18.1 Å². The molecule has 3 aromatic rings. The number of hydroxylamine groups is 1. The number of hydrogen-bond donors (Lipinski definition) is 3. The molecule has 0 bridgehead atoms. The van der Waals surface area contributed by atoms with Crippen LogP contribution in [0.1, 0.15) is 0 Å². The molecule has 0 saturated heterocycles. The summed E-state index contributed by atoms with van der Waals surface area (Å²) >= 11 is 7.22. The van der Waals surface area contributed by atoms with E-state index in [2.05, 4.69) is 14.9 Å². The molecule has 11 heteroatoms. The van der Waals surface area contributed by atoms with Crippen LogP contribution in [-0.2, 0) is 10.0 Å². The van der Waals surface area contributed by atoms with Gasteiger partial charge in [0.2, 0.25) is 5.96 Å². The zero-order valence-corrected chi connectivity index (χ0v) is 14.8. The quantitative estimate of drug-likeness (QED) is 0.351. The van der Waals surface area contributed by atoms with Crippen molar-refractivity contribution in [2.45, 2.75) is 5.09 Å². The number of benzene rings is 1. The molecule has 3 N–H and O–H groups in total. The molecule has 0 radical (unpaired) electrons. The lowest BCUT2D eigenvalue weighted by Crippen LogP contribution is -2.28. The average Bonchev–Trinajstić information content (AvgIpc) is 3.27. The van der Waals surface area contributed by atoms with Crippen LogP contribution in [0.3, 0.4) is 0 Å². The minimum atomic E-state index is -4.22. The Morgan fingerprint density at radius 3 is 2.68 bits per heavy atom. The summed E-state index contributed by atoms with van der Waals surface area (Å²) in [6.45, 7) is 0. The van der Waals surface area contributed by atoms with Crippen molar-refractivity contribution in [1.82, 2.24) is 10.6 Å². The second-order valence-electron chi connectivity index (χ2n) is 4.70. The van der Waals surface area contributed by atoms with Crippen molar-refractivity contribution in [2.75, 3.05) is 5.32 Å². The number of halogens is 1. The molecule has 8 nitrogen and oxygen atoms in total. The Bertz CT molecular complexity index is 982. The zero-order valence-electron chi connectivity index (χ0n) is 12.4. The van der Waals surface area contributed by atoms with E-state index in [0.29, 0.717) is 16.4 Å². The minimum Gasteiger partial charge on any atom is -0.342 e. The van der Waals surface area contributed by atoms with Gasteiger partial charge in [-0.3, -0.25) is 5.21 Å². The maximum atomic E-state index is 12.3. The smallest absolute Gasteiger partial charge is 0.321 e. The van der Waals surface area contributed by atoms with E-state index in [9.17, 15) is 8.42 Å². The Morgan fingerprint density at radius 2 is 2.04 bits per heavy atom. The Balaban J connectivity index is 1.85. The van der Waals surface area contributed by atoms with Gasteiger partial charge in [0.25, 0.3) is 5.09 Å². The summed E-state index contributed by atoms with van der Waals surface area (Å²) in [5.74, 6) is -0.407. The number of anilines is 1. The number of rotatable bonds is 4. The first-order chi connectivity index (χ1) is 12.0. The van der Waals surface area contributed by atoms with Gasteiger partial charge < -0.3 is 9.84 Å². The van der Waals surface area contributed by atoms with Gasteiger partial charge in [-0.2, -0.15) is 19.8 Å². The Morgan fingerprint density at radius 1 is 1.28 bits per heavy atom. The van der Waals surface area contributed by atoms with Crippen molar-refractivity contribution >= 4 is 44.6 Å². The van der Waals surface area contributed by atoms with Gasteiger partial charge in [0.1, 0.15) is 5.69 Å².